The number of amides is 1. The van der Waals surface area contributed by atoms with Crippen LogP contribution in [0.4, 0.5) is 5.69 Å². The Morgan fingerprint density at radius 3 is 2.65 bits per heavy atom. The number of carbonyl (C=O) groups excluding carboxylic acids is 1. The number of likely N-dealkylation sites (tertiary alicyclic amines) is 1. The molecule has 2 heterocycles. The van der Waals surface area contributed by atoms with Gasteiger partial charge in [-0.25, -0.2) is 0 Å². The molecule has 1 amide bonds. The summed E-state index contributed by atoms with van der Waals surface area (Å²) >= 11 is 0. The molecule has 0 aliphatic carbocycles. The molecule has 3 heteroatoms. The van der Waals surface area contributed by atoms with Gasteiger partial charge < -0.3 is 9.80 Å². The lowest BCUT2D eigenvalue weighted by atomic mass is 10.0. The van der Waals surface area contributed by atoms with Crippen molar-refractivity contribution in [2.75, 3.05) is 25.0 Å². The fourth-order valence-corrected chi connectivity index (χ4v) is 2.93. The van der Waals surface area contributed by atoms with Crippen LogP contribution in [0, 0.1) is 0 Å². The highest BCUT2D eigenvalue weighted by molar-refractivity contribution is 6.01. The Balaban J connectivity index is 1.86. The molecule has 1 aromatic rings. The first kappa shape index (κ1) is 10.8. The molecule has 0 saturated carbocycles. The van der Waals surface area contributed by atoms with E-state index in [-0.39, 0.29) is 5.91 Å². The molecule has 0 bridgehead atoms. The molecule has 0 unspecified atom stereocenters. The SMILES string of the molecule is CN1CCC(N2C(=O)Cc3ccccc32)CC1. The lowest BCUT2D eigenvalue weighted by molar-refractivity contribution is -0.118. The van der Waals surface area contributed by atoms with Crippen molar-refractivity contribution in [1.82, 2.24) is 4.90 Å². The highest BCUT2D eigenvalue weighted by Gasteiger charge is 2.33. The lowest BCUT2D eigenvalue weighted by Gasteiger charge is -2.35. The van der Waals surface area contributed by atoms with Crippen LogP contribution in [0.15, 0.2) is 24.3 Å². The number of fused-ring (bicyclic) bond motifs is 1. The molecule has 2 aliphatic heterocycles. The molecular weight excluding hydrogens is 212 g/mol. The number of anilines is 1. The van der Waals surface area contributed by atoms with E-state index in [1.807, 2.05) is 17.0 Å². The van der Waals surface area contributed by atoms with Crippen molar-refractivity contribution in [1.29, 1.82) is 0 Å². The first-order valence-corrected chi connectivity index (χ1v) is 6.34. The summed E-state index contributed by atoms with van der Waals surface area (Å²) in [5.74, 6) is 0.278. The second kappa shape index (κ2) is 4.15. The average molecular weight is 230 g/mol. The van der Waals surface area contributed by atoms with E-state index in [9.17, 15) is 4.79 Å². The van der Waals surface area contributed by atoms with Crippen molar-refractivity contribution >= 4 is 11.6 Å². The Hall–Kier alpha value is -1.35. The number of benzene rings is 1. The highest BCUT2D eigenvalue weighted by atomic mass is 16.2. The molecule has 1 fully saturated rings. The first-order chi connectivity index (χ1) is 8.25. The van der Waals surface area contributed by atoms with Gasteiger partial charge in [0.15, 0.2) is 0 Å². The third-order valence-electron chi connectivity index (χ3n) is 3.91. The normalized spacial score (nSPS) is 21.9. The van der Waals surface area contributed by atoms with Gasteiger partial charge in [0.05, 0.1) is 6.42 Å². The van der Waals surface area contributed by atoms with Crippen molar-refractivity contribution < 1.29 is 4.79 Å². The van der Waals surface area contributed by atoms with Gasteiger partial charge in [0, 0.05) is 11.7 Å². The maximum Gasteiger partial charge on any atom is 0.231 e. The van der Waals surface area contributed by atoms with E-state index in [0.29, 0.717) is 12.5 Å². The Kier molecular flexibility index (Phi) is 2.63. The van der Waals surface area contributed by atoms with Crippen LogP contribution in [0.1, 0.15) is 18.4 Å². The zero-order chi connectivity index (χ0) is 11.8. The van der Waals surface area contributed by atoms with Gasteiger partial charge in [-0.2, -0.15) is 0 Å². The standard InChI is InChI=1S/C14H18N2O/c1-15-8-6-12(7-9-15)16-13-5-3-2-4-11(13)10-14(16)17/h2-5,12H,6-10H2,1H3. The number of hydrogen-bond acceptors (Lipinski definition) is 2. The van der Waals surface area contributed by atoms with Crippen LogP contribution in [0.3, 0.4) is 0 Å². The second-order valence-corrected chi connectivity index (χ2v) is 5.10. The van der Waals surface area contributed by atoms with E-state index < -0.39 is 0 Å². The summed E-state index contributed by atoms with van der Waals surface area (Å²) in [6, 6.07) is 8.60. The predicted molar refractivity (Wildman–Crippen MR) is 68.2 cm³/mol. The minimum Gasteiger partial charge on any atom is -0.309 e. The summed E-state index contributed by atoms with van der Waals surface area (Å²) in [4.78, 5) is 16.5. The number of rotatable bonds is 1. The molecule has 3 rings (SSSR count). The maximum absolute atomic E-state index is 12.1. The van der Waals surface area contributed by atoms with Crippen LogP contribution in [-0.2, 0) is 11.2 Å². The van der Waals surface area contributed by atoms with Gasteiger partial charge in [0.1, 0.15) is 0 Å². The van der Waals surface area contributed by atoms with Crippen molar-refractivity contribution in [2.45, 2.75) is 25.3 Å². The fraction of sp³-hybridized carbons (Fsp3) is 0.500. The van der Waals surface area contributed by atoms with E-state index in [1.165, 1.54) is 5.56 Å². The van der Waals surface area contributed by atoms with Crippen molar-refractivity contribution in [3.63, 3.8) is 0 Å². The number of piperidine rings is 1. The number of hydrogen-bond donors (Lipinski definition) is 0. The van der Waals surface area contributed by atoms with Gasteiger partial charge in [0.2, 0.25) is 5.91 Å². The molecule has 17 heavy (non-hydrogen) atoms. The number of nitrogens with zero attached hydrogens (tertiary/aromatic N) is 2. The summed E-state index contributed by atoms with van der Waals surface area (Å²) in [5, 5.41) is 0. The van der Waals surface area contributed by atoms with Gasteiger partial charge in [-0.05, 0) is 44.6 Å². The molecule has 1 saturated heterocycles. The highest BCUT2D eigenvalue weighted by Crippen LogP contribution is 2.32. The zero-order valence-electron chi connectivity index (χ0n) is 10.2. The van der Waals surface area contributed by atoms with E-state index in [0.717, 1.165) is 31.6 Å². The third kappa shape index (κ3) is 1.84. The smallest absolute Gasteiger partial charge is 0.231 e. The topological polar surface area (TPSA) is 23.6 Å². The summed E-state index contributed by atoms with van der Waals surface area (Å²) in [5.41, 5.74) is 2.34. The van der Waals surface area contributed by atoms with Crippen LogP contribution in [0.25, 0.3) is 0 Å². The minimum atomic E-state index is 0.278. The molecular formula is C14H18N2O. The molecule has 0 aromatic heterocycles. The summed E-state index contributed by atoms with van der Waals surface area (Å²) in [6.07, 6.45) is 2.77. The second-order valence-electron chi connectivity index (χ2n) is 5.10. The molecule has 3 nitrogen and oxygen atoms in total. The van der Waals surface area contributed by atoms with Crippen LogP contribution in [0.2, 0.25) is 0 Å². The average Bonchev–Trinajstić information content (AvgIpc) is 2.66. The van der Waals surface area contributed by atoms with Gasteiger partial charge in [-0.15, -0.1) is 0 Å². The molecule has 90 valence electrons. The van der Waals surface area contributed by atoms with Gasteiger partial charge >= 0.3 is 0 Å². The Bertz CT molecular complexity index is 436. The van der Waals surface area contributed by atoms with E-state index >= 15 is 0 Å². The summed E-state index contributed by atoms with van der Waals surface area (Å²) in [7, 11) is 2.15. The fourth-order valence-electron chi connectivity index (χ4n) is 2.93. The van der Waals surface area contributed by atoms with Gasteiger partial charge in [-0.1, -0.05) is 18.2 Å². The van der Waals surface area contributed by atoms with Crippen LogP contribution < -0.4 is 4.90 Å². The molecule has 0 atom stereocenters. The molecule has 0 spiro atoms. The monoisotopic (exact) mass is 230 g/mol. The van der Waals surface area contributed by atoms with Crippen molar-refractivity contribution in [2.24, 2.45) is 0 Å². The Morgan fingerprint density at radius 1 is 1.18 bits per heavy atom. The van der Waals surface area contributed by atoms with Crippen molar-refractivity contribution in [3.8, 4) is 0 Å². The summed E-state index contributed by atoms with van der Waals surface area (Å²) < 4.78 is 0. The zero-order valence-corrected chi connectivity index (χ0v) is 10.2. The molecule has 0 N–H and O–H groups in total. The molecule has 2 aliphatic rings. The Morgan fingerprint density at radius 2 is 1.88 bits per heavy atom. The van der Waals surface area contributed by atoms with Crippen LogP contribution >= 0.6 is 0 Å². The van der Waals surface area contributed by atoms with E-state index in [2.05, 4.69) is 24.1 Å². The molecule has 1 aromatic carbocycles. The first-order valence-electron chi connectivity index (χ1n) is 6.34. The van der Waals surface area contributed by atoms with Crippen molar-refractivity contribution in [3.05, 3.63) is 29.8 Å². The predicted octanol–water partition coefficient (Wildman–Crippen LogP) is 1.67. The van der Waals surface area contributed by atoms with E-state index in [1.54, 1.807) is 0 Å². The Labute approximate surface area is 102 Å². The largest absolute Gasteiger partial charge is 0.309 e. The summed E-state index contributed by atoms with van der Waals surface area (Å²) in [6.45, 7) is 2.19. The number of para-hydroxylation sites is 1. The lowest BCUT2D eigenvalue weighted by Crippen LogP contribution is -2.45. The van der Waals surface area contributed by atoms with Crippen LogP contribution in [-0.4, -0.2) is 37.0 Å². The quantitative estimate of drug-likeness (QED) is 0.732. The minimum absolute atomic E-state index is 0.278. The van der Waals surface area contributed by atoms with Crippen LogP contribution in [0.5, 0.6) is 0 Å². The molecule has 0 radical (unpaired) electrons. The maximum atomic E-state index is 12.1. The van der Waals surface area contributed by atoms with Gasteiger partial charge in [0.25, 0.3) is 0 Å². The van der Waals surface area contributed by atoms with E-state index in [4.69, 9.17) is 0 Å². The number of carbonyl (C=O) groups is 1. The third-order valence-corrected chi connectivity index (χ3v) is 3.91. The van der Waals surface area contributed by atoms with Gasteiger partial charge in [-0.3, -0.25) is 4.79 Å².